The van der Waals surface area contributed by atoms with Gasteiger partial charge in [0.15, 0.2) is 6.10 Å². The first kappa shape index (κ1) is 16.9. The minimum absolute atomic E-state index is 0.140. The number of carbonyl (C=O) groups excluding carboxylic acids is 1. The van der Waals surface area contributed by atoms with Gasteiger partial charge in [-0.05, 0) is 50.9 Å². The van der Waals surface area contributed by atoms with Crippen molar-refractivity contribution in [1.82, 2.24) is 9.80 Å². The first-order valence-electron chi connectivity index (χ1n) is 9.43. The molecule has 2 atom stereocenters. The van der Waals surface area contributed by atoms with Crippen LogP contribution >= 0.6 is 0 Å². The molecule has 0 aromatic heterocycles. The Morgan fingerprint density at radius 1 is 1.36 bits per heavy atom. The molecule has 3 heterocycles. The number of piperidine rings is 1. The van der Waals surface area contributed by atoms with Crippen LogP contribution in [0.4, 0.5) is 0 Å². The second-order valence-electron chi connectivity index (χ2n) is 7.78. The Bertz CT molecular complexity index is 615. The summed E-state index contributed by atoms with van der Waals surface area (Å²) in [4.78, 5) is 17.3. The Morgan fingerprint density at radius 2 is 2.16 bits per heavy atom. The van der Waals surface area contributed by atoms with Gasteiger partial charge in [0.25, 0.3) is 5.91 Å². The molecule has 0 saturated carbocycles. The van der Waals surface area contributed by atoms with Gasteiger partial charge in [0.05, 0.1) is 5.54 Å². The lowest BCUT2D eigenvalue weighted by Gasteiger charge is -2.58. The molecule has 0 bridgehead atoms. The molecule has 25 heavy (non-hydrogen) atoms. The average Bonchev–Trinajstić information content (AvgIpc) is 3.03. The molecule has 0 N–H and O–H groups in total. The van der Waals surface area contributed by atoms with Gasteiger partial charge in [-0.15, -0.1) is 0 Å². The molecule has 0 aliphatic carbocycles. The summed E-state index contributed by atoms with van der Waals surface area (Å²) < 4.78 is 11.5. The number of hydrogen-bond acceptors (Lipinski definition) is 4. The Morgan fingerprint density at radius 3 is 2.92 bits per heavy atom. The minimum Gasteiger partial charge on any atom is -0.480 e. The summed E-state index contributed by atoms with van der Waals surface area (Å²) in [7, 11) is 2.20. The number of hydrogen-bond donors (Lipinski definition) is 0. The van der Waals surface area contributed by atoms with E-state index in [0.29, 0.717) is 12.3 Å². The van der Waals surface area contributed by atoms with Gasteiger partial charge in [0.2, 0.25) is 0 Å². The Labute approximate surface area is 149 Å². The summed E-state index contributed by atoms with van der Waals surface area (Å²) in [5.74, 6) is 1.62. The van der Waals surface area contributed by atoms with Crippen molar-refractivity contribution in [3.63, 3.8) is 0 Å². The third-order valence-electron chi connectivity index (χ3n) is 6.11. The summed E-state index contributed by atoms with van der Waals surface area (Å²) in [5, 5.41) is 0. The molecule has 136 valence electrons. The van der Waals surface area contributed by atoms with Crippen LogP contribution in [0.1, 0.15) is 25.3 Å². The number of carbonyl (C=O) groups is 1. The maximum atomic E-state index is 12.8. The fourth-order valence-corrected chi connectivity index (χ4v) is 4.55. The Balaban J connectivity index is 1.35. The van der Waals surface area contributed by atoms with Crippen molar-refractivity contribution < 1.29 is 14.3 Å². The smallest absolute Gasteiger partial charge is 0.264 e. The number of likely N-dealkylation sites (tertiary alicyclic amines) is 2. The maximum absolute atomic E-state index is 12.8. The van der Waals surface area contributed by atoms with E-state index < -0.39 is 0 Å². The predicted molar refractivity (Wildman–Crippen MR) is 95.7 cm³/mol. The predicted octanol–water partition coefficient (Wildman–Crippen LogP) is 1.95. The summed E-state index contributed by atoms with van der Waals surface area (Å²) in [5.41, 5.74) is 1.28. The molecule has 4 rings (SSSR count). The minimum atomic E-state index is -0.345. The van der Waals surface area contributed by atoms with Gasteiger partial charge in [-0.2, -0.15) is 0 Å². The number of nitrogens with zero attached hydrogens (tertiary/aromatic N) is 2. The van der Waals surface area contributed by atoms with E-state index in [0.717, 1.165) is 50.6 Å². The molecule has 5 nitrogen and oxygen atoms in total. The van der Waals surface area contributed by atoms with Crippen molar-refractivity contribution in [2.75, 3.05) is 39.9 Å². The van der Waals surface area contributed by atoms with E-state index in [1.807, 2.05) is 36.1 Å². The number of benzene rings is 1. The van der Waals surface area contributed by atoms with Crippen LogP contribution in [0.2, 0.25) is 0 Å². The molecule has 1 amide bonds. The van der Waals surface area contributed by atoms with Crippen LogP contribution in [-0.4, -0.2) is 67.2 Å². The van der Waals surface area contributed by atoms with E-state index in [-0.39, 0.29) is 17.6 Å². The second kappa shape index (κ2) is 6.61. The molecular formula is C20H28N2O3. The summed E-state index contributed by atoms with van der Waals surface area (Å²) in [6.07, 6.45) is 2.66. The highest BCUT2D eigenvalue weighted by atomic mass is 16.5. The first-order chi connectivity index (χ1) is 12.1. The van der Waals surface area contributed by atoms with Gasteiger partial charge >= 0.3 is 0 Å². The Kier molecular flexibility index (Phi) is 4.46. The second-order valence-corrected chi connectivity index (χ2v) is 7.78. The molecule has 3 aliphatic rings. The van der Waals surface area contributed by atoms with Crippen LogP contribution in [-0.2, 0) is 16.0 Å². The molecule has 2 fully saturated rings. The zero-order chi connectivity index (χ0) is 17.4. The van der Waals surface area contributed by atoms with E-state index in [2.05, 4.69) is 11.9 Å². The van der Waals surface area contributed by atoms with E-state index in [1.54, 1.807) is 0 Å². The SMILES string of the molecule is CCOC[C@H]1CCN(C)C2(C1)CN(C(=O)[C@H]1Cc3ccccc3O1)C2. The number of ether oxygens (including phenoxy) is 2. The van der Waals surface area contributed by atoms with Crippen LogP contribution in [0.3, 0.4) is 0 Å². The third kappa shape index (κ3) is 3.04. The molecule has 5 heteroatoms. The van der Waals surface area contributed by atoms with Gasteiger partial charge in [-0.3, -0.25) is 9.69 Å². The van der Waals surface area contributed by atoms with E-state index in [9.17, 15) is 4.79 Å². The highest BCUT2D eigenvalue weighted by molar-refractivity contribution is 5.83. The molecule has 1 aromatic carbocycles. The summed E-state index contributed by atoms with van der Waals surface area (Å²) in [6, 6.07) is 7.96. The van der Waals surface area contributed by atoms with Crippen molar-refractivity contribution in [2.24, 2.45) is 5.92 Å². The topological polar surface area (TPSA) is 42.0 Å². The highest BCUT2D eigenvalue weighted by Gasteiger charge is 2.52. The van der Waals surface area contributed by atoms with Crippen molar-refractivity contribution in [2.45, 2.75) is 37.8 Å². The Hall–Kier alpha value is -1.59. The first-order valence-corrected chi connectivity index (χ1v) is 9.43. The van der Waals surface area contributed by atoms with Crippen molar-refractivity contribution in [1.29, 1.82) is 0 Å². The lowest BCUT2D eigenvalue weighted by Crippen LogP contribution is -2.73. The van der Waals surface area contributed by atoms with E-state index >= 15 is 0 Å². The molecule has 0 radical (unpaired) electrons. The fraction of sp³-hybridized carbons (Fsp3) is 0.650. The fourth-order valence-electron chi connectivity index (χ4n) is 4.55. The molecule has 1 aromatic rings. The van der Waals surface area contributed by atoms with Crippen LogP contribution in [0.5, 0.6) is 5.75 Å². The number of para-hydroxylation sites is 1. The number of likely N-dealkylation sites (N-methyl/N-ethyl adjacent to an activating group) is 1. The van der Waals surface area contributed by atoms with Crippen molar-refractivity contribution in [3.05, 3.63) is 29.8 Å². The van der Waals surface area contributed by atoms with Gasteiger partial charge in [0.1, 0.15) is 5.75 Å². The van der Waals surface area contributed by atoms with Crippen molar-refractivity contribution in [3.8, 4) is 5.75 Å². The molecule has 0 unspecified atom stereocenters. The number of rotatable bonds is 4. The van der Waals surface area contributed by atoms with Gasteiger partial charge in [-0.25, -0.2) is 0 Å². The summed E-state index contributed by atoms with van der Waals surface area (Å²) >= 11 is 0. The van der Waals surface area contributed by atoms with Crippen LogP contribution in [0, 0.1) is 5.92 Å². The molecular weight excluding hydrogens is 316 g/mol. The standard InChI is InChI=1S/C20H28N2O3/c1-3-24-12-15-8-9-21(2)20(11-15)13-22(14-20)19(23)18-10-16-6-4-5-7-17(16)25-18/h4-7,15,18H,3,8-14H2,1-2H3/t15-,18+/m0/s1. The van der Waals surface area contributed by atoms with Crippen LogP contribution in [0.15, 0.2) is 24.3 Å². The monoisotopic (exact) mass is 344 g/mol. The lowest BCUT2D eigenvalue weighted by molar-refractivity contribution is -0.157. The highest BCUT2D eigenvalue weighted by Crippen LogP contribution is 2.39. The molecule has 2 saturated heterocycles. The normalized spacial score (nSPS) is 27.7. The lowest BCUT2D eigenvalue weighted by atomic mass is 9.75. The largest absolute Gasteiger partial charge is 0.480 e. The van der Waals surface area contributed by atoms with E-state index in [4.69, 9.17) is 9.47 Å². The quantitative estimate of drug-likeness (QED) is 0.837. The number of amides is 1. The van der Waals surface area contributed by atoms with Gasteiger partial charge in [-0.1, -0.05) is 18.2 Å². The molecule has 3 aliphatic heterocycles. The summed E-state index contributed by atoms with van der Waals surface area (Å²) in [6.45, 7) is 6.41. The third-order valence-corrected chi connectivity index (χ3v) is 6.11. The van der Waals surface area contributed by atoms with E-state index in [1.165, 1.54) is 6.42 Å². The average molecular weight is 344 g/mol. The zero-order valence-corrected chi connectivity index (χ0v) is 15.2. The number of fused-ring (bicyclic) bond motifs is 1. The van der Waals surface area contributed by atoms with Gasteiger partial charge < -0.3 is 14.4 Å². The van der Waals surface area contributed by atoms with Crippen LogP contribution in [0.25, 0.3) is 0 Å². The zero-order valence-electron chi connectivity index (χ0n) is 15.2. The maximum Gasteiger partial charge on any atom is 0.264 e. The van der Waals surface area contributed by atoms with Gasteiger partial charge in [0, 0.05) is 32.7 Å². The molecule has 1 spiro atoms. The van der Waals surface area contributed by atoms with Crippen LogP contribution < -0.4 is 4.74 Å². The van der Waals surface area contributed by atoms with Crippen molar-refractivity contribution >= 4 is 5.91 Å².